The highest BCUT2D eigenvalue weighted by Crippen LogP contribution is 2.33. The number of hydrogen-bond acceptors (Lipinski definition) is 1. The molecule has 0 saturated heterocycles. The Hall–Kier alpha value is -0.530. The lowest BCUT2D eigenvalue weighted by Gasteiger charge is -2.27. The van der Waals surface area contributed by atoms with Crippen LogP contribution in [0.5, 0.6) is 0 Å². The molecule has 0 amide bonds. The Labute approximate surface area is 116 Å². The van der Waals surface area contributed by atoms with Crippen LogP contribution in [0.3, 0.4) is 0 Å². The zero-order chi connectivity index (χ0) is 13.0. The minimum Gasteiger partial charge on any atom is -0.313 e. The van der Waals surface area contributed by atoms with Crippen LogP contribution in [0.4, 0.5) is 0 Å². The first-order valence-corrected chi connectivity index (χ1v) is 7.52. The van der Waals surface area contributed by atoms with E-state index in [1.165, 1.54) is 49.7 Å². The van der Waals surface area contributed by atoms with Gasteiger partial charge in [-0.15, -0.1) is 0 Å². The first kappa shape index (κ1) is 13.9. The molecule has 1 N–H and O–H groups in total. The standard InChI is InChI=1S/C16H24ClN/c1-12-14(9-6-10-15(12)17)16(18-2)11-13-7-4-3-5-8-13/h6,9-10,13,16,18H,3-5,7-8,11H2,1-2H3. The van der Waals surface area contributed by atoms with Gasteiger partial charge in [-0.3, -0.25) is 0 Å². The number of halogens is 1. The predicted octanol–water partition coefficient (Wildman–Crippen LogP) is 4.88. The Bertz CT molecular complexity index is 383. The van der Waals surface area contributed by atoms with E-state index in [9.17, 15) is 0 Å². The van der Waals surface area contributed by atoms with Gasteiger partial charge in [0.15, 0.2) is 0 Å². The van der Waals surface area contributed by atoms with Crippen LogP contribution in [0, 0.1) is 12.8 Å². The summed E-state index contributed by atoms with van der Waals surface area (Å²) in [4.78, 5) is 0. The maximum absolute atomic E-state index is 6.23. The third kappa shape index (κ3) is 3.27. The highest BCUT2D eigenvalue weighted by atomic mass is 35.5. The fourth-order valence-corrected chi connectivity index (χ4v) is 3.34. The molecular weight excluding hydrogens is 242 g/mol. The van der Waals surface area contributed by atoms with Crippen molar-refractivity contribution >= 4 is 11.6 Å². The lowest BCUT2D eigenvalue weighted by Crippen LogP contribution is -2.22. The minimum atomic E-state index is 0.451. The van der Waals surface area contributed by atoms with Crippen LogP contribution in [0.25, 0.3) is 0 Å². The van der Waals surface area contributed by atoms with E-state index < -0.39 is 0 Å². The molecule has 1 nitrogen and oxygen atoms in total. The maximum Gasteiger partial charge on any atom is 0.0438 e. The summed E-state index contributed by atoms with van der Waals surface area (Å²) in [6, 6.07) is 6.71. The smallest absolute Gasteiger partial charge is 0.0438 e. The van der Waals surface area contributed by atoms with E-state index in [0.717, 1.165) is 10.9 Å². The Kier molecular flexibility index (Phi) is 5.08. The van der Waals surface area contributed by atoms with Crippen LogP contribution in [0.2, 0.25) is 5.02 Å². The van der Waals surface area contributed by atoms with Crippen molar-refractivity contribution in [3.63, 3.8) is 0 Å². The van der Waals surface area contributed by atoms with Gasteiger partial charge in [0.1, 0.15) is 0 Å². The van der Waals surface area contributed by atoms with Gasteiger partial charge in [-0.25, -0.2) is 0 Å². The molecule has 0 aliphatic heterocycles. The van der Waals surface area contributed by atoms with E-state index in [1.807, 2.05) is 6.07 Å². The van der Waals surface area contributed by atoms with Gasteiger partial charge < -0.3 is 5.32 Å². The molecule has 1 aliphatic carbocycles. The molecule has 1 unspecified atom stereocenters. The molecule has 0 bridgehead atoms. The van der Waals surface area contributed by atoms with Crippen molar-refractivity contribution in [2.45, 2.75) is 51.5 Å². The largest absolute Gasteiger partial charge is 0.313 e. The Morgan fingerprint density at radius 1 is 1.28 bits per heavy atom. The molecule has 100 valence electrons. The van der Waals surface area contributed by atoms with Gasteiger partial charge >= 0.3 is 0 Å². The number of nitrogens with one attached hydrogen (secondary N) is 1. The zero-order valence-electron chi connectivity index (χ0n) is 11.5. The van der Waals surface area contributed by atoms with Crippen LogP contribution in [0.15, 0.2) is 18.2 Å². The molecule has 2 heteroatoms. The molecule has 18 heavy (non-hydrogen) atoms. The molecule has 1 atom stereocenters. The monoisotopic (exact) mass is 265 g/mol. The van der Waals surface area contributed by atoms with Crippen LogP contribution < -0.4 is 5.32 Å². The summed E-state index contributed by atoms with van der Waals surface area (Å²) >= 11 is 6.23. The van der Waals surface area contributed by atoms with Gasteiger partial charge in [0.2, 0.25) is 0 Å². The highest BCUT2D eigenvalue weighted by Gasteiger charge is 2.20. The van der Waals surface area contributed by atoms with E-state index in [4.69, 9.17) is 11.6 Å². The van der Waals surface area contributed by atoms with Gasteiger partial charge in [-0.05, 0) is 43.5 Å². The second-order valence-electron chi connectivity index (χ2n) is 5.54. The summed E-state index contributed by atoms with van der Waals surface area (Å²) in [6.07, 6.45) is 8.30. The van der Waals surface area contributed by atoms with Gasteiger partial charge in [0.25, 0.3) is 0 Å². The lowest BCUT2D eigenvalue weighted by atomic mass is 9.83. The van der Waals surface area contributed by atoms with Crippen molar-refractivity contribution in [3.05, 3.63) is 34.3 Å². The molecule has 1 aromatic rings. The molecule has 0 aromatic heterocycles. The minimum absolute atomic E-state index is 0.451. The van der Waals surface area contributed by atoms with Crippen molar-refractivity contribution in [1.29, 1.82) is 0 Å². The molecule has 0 spiro atoms. The summed E-state index contributed by atoms with van der Waals surface area (Å²) in [5.74, 6) is 0.884. The summed E-state index contributed by atoms with van der Waals surface area (Å²) in [7, 11) is 2.06. The second-order valence-corrected chi connectivity index (χ2v) is 5.94. The number of benzene rings is 1. The fourth-order valence-electron chi connectivity index (χ4n) is 3.16. The Morgan fingerprint density at radius 2 is 2.00 bits per heavy atom. The predicted molar refractivity (Wildman–Crippen MR) is 79.2 cm³/mol. The summed E-state index contributed by atoms with van der Waals surface area (Å²) in [5.41, 5.74) is 2.60. The zero-order valence-corrected chi connectivity index (χ0v) is 12.3. The van der Waals surface area contributed by atoms with E-state index in [1.54, 1.807) is 0 Å². The molecule has 0 radical (unpaired) electrons. The number of hydrogen-bond donors (Lipinski definition) is 1. The van der Waals surface area contributed by atoms with Gasteiger partial charge in [-0.1, -0.05) is 55.8 Å². The van der Waals surface area contributed by atoms with Gasteiger partial charge in [-0.2, -0.15) is 0 Å². The van der Waals surface area contributed by atoms with E-state index in [2.05, 4.69) is 31.4 Å². The van der Waals surface area contributed by atoms with Crippen molar-refractivity contribution < 1.29 is 0 Å². The quantitative estimate of drug-likeness (QED) is 0.818. The Morgan fingerprint density at radius 3 is 2.67 bits per heavy atom. The topological polar surface area (TPSA) is 12.0 Å². The summed E-state index contributed by atoms with van der Waals surface area (Å²) < 4.78 is 0. The third-order valence-electron chi connectivity index (χ3n) is 4.33. The van der Waals surface area contributed by atoms with Crippen LogP contribution in [0.1, 0.15) is 55.7 Å². The lowest BCUT2D eigenvalue weighted by molar-refractivity contribution is 0.305. The van der Waals surface area contributed by atoms with Crippen molar-refractivity contribution in [2.24, 2.45) is 5.92 Å². The van der Waals surface area contributed by atoms with Gasteiger partial charge in [0.05, 0.1) is 0 Å². The third-order valence-corrected chi connectivity index (χ3v) is 4.74. The summed E-state index contributed by atoms with van der Waals surface area (Å²) in [5, 5.41) is 4.36. The molecule has 0 heterocycles. The Balaban J connectivity index is 2.09. The second kappa shape index (κ2) is 6.58. The first-order valence-electron chi connectivity index (χ1n) is 7.14. The van der Waals surface area contributed by atoms with Crippen molar-refractivity contribution in [3.8, 4) is 0 Å². The highest BCUT2D eigenvalue weighted by molar-refractivity contribution is 6.31. The van der Waals surface area contributed by atoms with Crippen molar-refractivity contribution in [2.75, 3.05) is 7.05 Å². The molecule has 1 saturated carbocycles. The maximum atomic E-state index is 6.23. The van der Waals surface area contributed by atoms with Crippen LogP contribution in [-0.2, 0) is 0 Å². The van der Waals surface area contributed by atoms with E-state index >= 15 is 0 Å². The molecule has 1 fully saturated rings. The molecular formula is C16H24ClN. The van der Waals surface area contributed by atoms with E-state index in [0.29, 0.717) is 6.04 Å². The molecule has 1 aliphatic rings. The average Bonchev–Trinajstić information content (AvgIpc) is 2.41. The SMILES string of the molecule is CNC(CC1CCCCC1)c1cccc(Cl)c1C. The average molecular weight is 266 g/mol. The molecule has 1 aromatic carbocycles. The van der Waals surface area contributed by atoms with E-state index in [-0.39, 0.29) is 0 Å². The first-order chi connectivity index (χ1) is 8.72. The molecule has 2 rings (SSSR count). The van der Waals surface area contributed by atoms with Crippen LogP contribution in [-0.4, -0.2) is 7.05 Å². The summed E-state index contributed by atoms with van der Waals surface area (Å²) in [6.45, 7) is 2.13. The fraction of sp³-hybridized carbons (Fsp3) is 0.625. The van der Waals surface area contributed by atoms with Crippen LogP contribution >= 0.6 is 11.6 Å². The number of rotatable bonds is 4. The van der Waals surface area contributed by atoms with Crippen molar-refractivity contribution in [1.82, 2.24) is 5.32 Å². The normalized spacial score (nSPS) is 18.8. The van der Waals surface area contributed by atoms with Gasteiger partial charge in [0, 0.05) is 11.1 Å².